The fourth-order valence-electron chi connectivity index (χ4n) is 4.24. The average Bonchev–Trinajstić information content (AvgIpc) is 3.13. The molecule has 1 N–H and O–H groups in total. The Hall–Kier alpha value is -1.92. The van der Waals surface area contributed by atoms with Crippen molar-refractivity contribution < 1.29 is 9.18 Å². The van der Waals surface area contributed by atoms with Gasteiger partial charge in [0.05, 0.1) is 11.6 Å². The fourth-order valence-corrected chi connectivity index (χ4v) is 5.37. The Labute approximate surface area is 170 Å². The molecule has 2 aliphatic rings. The SMILES string of the molecule is CC(NC(=O)c1csc2c1CCCC2)c1cc(F)ccc1N1CCN(C)CC1. The summed E-state index contributed by atoms with van der Waals surface area (Å²) in [6.07, 6.45) is 4.43. The van der Waals surface area contributed by atoms with Gasteiger partial charge < -0.3 is 15.1 Å². The van der Waals surface area contributed by atoms with Crippen LogP contribution in [0, 0.1) is 5.82 Å². The van der Waals surface area contributed by atoms with Crippen molar-refractivity contribution in [2.24, 2.45) is 0 Å². The smallest absolute Gasteiger partial charge is 0.252 e. The molecule has 1 amide bonds. The zero-order valence-corrected chi connectivity index (χ0v) is 17.4. The minimum atomic E-state index is -0.262. The second-order valence-corrected chi connectivity index (χ2v) is 8.91. The third-order valence-electron chi connectivity index (χ3n) is 5.95. The van der Waals surface area contributed by atoms with Crippen molar-refractivity contribution in [2.45, 2.75) is 38.6 Å². The van der Waals surface area contributed by atoms with Crippen LogP contribution in [0.2, 0.25) is 0 Å². The van der Waals surface area contributed by atoms with Crippen LogP contribution in [0.15, 0.2) is 23.6 Å². The summed E-state index contributed by atoms with van der Waals surface area (Å²) in [6.45, 7) is 5.74. The summed E-state index contributed by atoms with van der Waals surface area (Å²) in [5.41, 5.74) is 3.90. The molecule has 4 rings (SSSR count). The van der Waals surface area contributed by atoms with Crippen molar-refractivity contribution in [2.75, 3.05) is 38.1 Å². The Morgan fingerprint density at radius 1 is 1.18 bits per heavy atom. The van der Waals surface area contributed by atoms with Crippen LogP contribution in [0.3, 0.4) is 0 Å². The maximum atomic E-state index is 14.0. The summed E-state index contributed by atoms with van der Waals surface area (Å²) in [4.78, 5) is 18.9. The van der Waals surface area contributed by atoms with Crippen LogP contribution >= 0.6 is 11.3 Å². The molecule has 150 valence electrons. The highest BCUT2D eigenvalue weighted by molar-refractivity contribution is 7.10. The average molecular weight is 402 g/mol. The van der Waals surface area contributed by atoms with E-state index in [2.05, 4.69) is 22.2 Å². The Morgan fingerprint density at radius 3 is 2.71 bits per heavy atom. The van der Waals surface area contributed by atoms with Gasteiger partial charge >= 0.3 is 0 Å². The van der Waals surface area contributed by atoms with E-state index >= 15 is 0 Å². The quantitative estimate of drug-likeness (QED) is 0.841. The predicted octanol–water partition coefficient (Wildman–Crippen LogP) is 4.01. The van der Waals surface area contributed by atoms with Crippen molar-refractivity contribution >= 4 is 22.9 Å². The van der Waals surface area contributed by atoms with Crippen LogP contribution in [-0.4, -0.2) is 44.0 Å². The predicted molar refractivity (Wildman–Crippen MR) is 113 cm³/mol. The van der Waals surface area contributed by atoms with Crippen molar-refractivity contribution in [1.29, 1.82) is 0 Å². The lowest BCUT2D eigenvalue weighted by Crippen LogP contribution is -2.45. The Kier molecular flexibility index (Phi) is 5.69. The van der Waals surface area contributed by atoms with Crippen molar-refractivity contribution in [3.63, 3.8) is 0 Å². The first-order chi connectivity index (χ1) is 13.5. The van der Waals surface area contributed by atoms with Gasteiger partial charge in [0.15, 0.2) is 0 Å². The van der Waals surface area contributed by atoms with Gasteiger partial charge in [-0.1, -0.05) is 0 Å². The third-order valence-corrected chi connectivity index (χ3v) is 7.04. The topological polar surface area (TPSA) is 35.6 Å². The number of hydrogen-bond donors (Lipinski definition) is 1. The lowest BCUT2D eigenvalue weighted by molar-refractivity contribution is 0.0939. The normalized spacial score (nSPS) is 18.6. The molecule has 1 saturated heterocycles. The molecule has 1 aliphatic heterocycles. The van der Waals surface area contributed by atoms with Gasteiger partial charge in [0.25, 0.3) is 5.91 Å². The van der Waals surface area contributed by atoms with E-state index in [1.54, 1.807) is 17.4 Å². The fraction of sp³-hybridized carbons (Fsp3) is 0.500. The Morgan fingerprint density at radius 2 is 1.93 bits per heavy atom. The molecule has 0 radical (unpaired) electrons. The van der Waals surface area contributed by atoms with E-state index in [-0.39, 0.29) is 17.8 Å². The maximum Gasteiger partial charge on any atom is 0.252 e. The highest BCUT2D eigenvalue weighted by Gasteiger charge is 2.24. The monoisotopic (exact) mass is 401 g/mol. The molecule has 6 heteroatoms. The summed E-state index contributed by atoms with van der Waals surface area (Å²) in [6, 6.07) is 4.69. The van der Waals surface area contributed by atoms with E-state index in [0.29, 0.717) is 0 Å². The molecule has 1 unspecified atom stereocenters. The number of rotatable bonds is 4. The molecule has 4 nitrogen and oxygen atoms in total. The highest BCUT2D eigenvalue weighted by Crippen LogP contribution is 2.32. The first-order valence-corrected chi connectivity index (χ1v) is 11.0. The number of likely N-dealkylation sites (N-methyl/N-ethyl adjacent to an activating group) is 1. The summed E-state index contributed by atoms with van der Waals surface area (Å²) in [5.74, 6) is -0.303. The number of anilines is 1. The van der Waals surface area contributed by atoms with E-state index in [1.165, 1.54) is 22.9 Å². The minimum Gasteiger partial charge on any atom is -0.369 e. The molecule has 1 aromatic heterocycles. The number of piperazine rings is 1. The molecule has 2 heterocycles. The first kappa shape index (κ1) is 19.4. The Balaban J connectivity index is 1.54. The lowest BCUT2D eigenvalue weighted by Gasteiger charge is -2.36. The van der Waals surface area contributed by atoms with Gasteiger partial charge in [-0.05, 0) is 63.4 Å². The molecule has 1 atom stereocenters. The molecule has 28 heavy (non-hydrogen) atoms. The summed E-state index contributed by atoms with van der Waals surface area (Å²) >= 11 is 1.70. The zero-order valence-electron chi connectivity index (χ0n) is 16.6. The second-order valence-electron chi connectivity index (χ2n) is 7.95. The molecular weight excluding hydrogens is 373 g/mol. The molecular formula is C22H28FN3OS. The van der Waals surface area contributed by atoms with Gasteiger partial charge in [0.2, 0.25) is 0 Å². The first-order valence-electron chi connectivity index (χ1n) is 10.2. The number of hydrogen-bond acceptors (Lipinski definition) is 4. The van der Waals surface area contributed by atoms with Gasteiger partial charge in [-0.15, -0.1) is 11.3 Å². The molecule has 0 bridgehead atoms. The van der Waals surface area contributed by atoms with E-state index in [0.717, 1.165) is 62.3 Å². The second kappa shape index (κ2) is 8.21. The highest BCUT2D eigenvalue weighted by atomic mass is 32.1. The standard InChI is InChI=1S/C22H28FN3OS/c1-15(24-22(27)19-14-28-21-6-4-3-5-17(19)21)18-13-16(23)7-8-20(18)26-11-9-25(2)10-12-26/h7-8,13-15H,3-6,9-12H2,1-2H3,(H,24,27). The van der Waals surface area contributed by atoms with Gasteiger partial charge in [0.1, 0.15) is 5.82 Å². The van der Waals surface area contributed by atoms with Crippen molar-refractivity contribution in [3.05, 3.63) is 51.0 Å². The van der Waals surface area contributed by atoms with Crippen molar-refractivity contribution in [3.8, 4) is 0 Å². The molecule has 1 fully saturated rings. The minimum absolute atomic E-state index is 0.0412. The number of nitrogens with one attached hydrogen (secondary N) is 1. The summed E-state index contributed by atoms with van der Waals surface area (Å²) < 4.78 is 14.0. The van der Waals surface area contributed by atoms with Crippen molar-refractivity contribution in [1.82, 2.24) is 10.2 Å². The van der Waals surface area contributed by atoms with Gasteiger partial charge in [-0.25, -0.2) is 4.39 Å². The number of benzene rings is 1. The number of amides is 1. The van der Waals surface area contributed by atoms with E-state index in [4.69, 9.17) is 0 Å². The number of fused-ring (bicyclic) bond motifs is 1. The lowest BCUT2D eigenvalue weighted by atomic mass is 9.95. The van der Waals surface area contributed by atoms with Crippen LogP contribution in [-0.2, 0) is 12.8 Å². The number of carbonyl (C=O) groups excluding carboxylic acids is 1. The molecule has 0 saturated carbocycles. The third kappa shape index (κ3) is 3.94. The van der Waals surface area contributed by atoms with Crippen LogP contribution in [0.25, 0.3) is 0 Å². The van der Waals surface area contributed by atoms with E-state index < -0.39 is 0 Å². The Bertz CT molecular complexity index is 857. The summed E-state index contributed by atoms with van der Waals surface area (Å²) in [5, 5.41) is 5.12. The van der Waals surface area contributed by atoms with Gasteiger partial charge in [-0.3, -0.25) is 4.79 Å². The summed E-state index contributed by atoms with van der Waals surface area (Å²) in [7, 11) is 2.12. The number of aryl methyl sites for hydroxylation is 1. The molecule has 1 aromatic carbocycles. The van der Waals surface area contributed by atoms with Crippen LogP contribution in [0.5, 0.6) is 0 Å². The number of thiophene rings is 1. The zero-order chi connectivity index (χ0) is 19.7. The molecule has 0 spiro atoms. The maximum absolute atomic E-state index is 14.0. The van der Waals surface area contributed by atoms with Crippen LogP contribution in [0.4, 0.5) is 10.1 Å². The largest absolute Gasteiger partial charge is 0.369 e. The molecule has 1 aliphatic carbocycles. The van der Waals surface area contributed by atoms with Gasteiger partial charge in [0, 0.05) is 47.7 Å². The number of carbonyl (C=O) groups is 1. The van der Waals surface area contributed by atoms with E-state index in [1.807, 2.05) is 18.4 Å². The van der Waals surface area contributed by atoms with E-state index in [9.17, 15) is 9.18 Å². The molecule has 2 aromatic rings. The van der Waals surface area contributed by atoms with Crippen LogP contribution < -0.4 is 10.2 Å². The number of nitrogens with zero attached hydrogens (tertiary/aromatic N) is 2. The van der Waals surface area contributed by atoms with Crippen LogP contribution in [0.1, 0.15) is 52.2 Å². The number of halogens is 1. The van der Waals surface area contributed by atoms with Gasteiger partial charge in [-0.2, -0.15) is 0 Å².